The number of amides is 1. The van der Waals surface area contributed by atoms with Crippen LogP contribution < -0.4 is 5.32 Å². The van der Waals surface area contributed by atoms with E-state index in [4.69, 9.17) is 5.11 Å². The summed E-state index contributed by atoms with van der Waals surface area (Å²) in [5.41, 5.74) is 1.29. The number of carboxylic acids is 1. The van der Waals surface area contributed by atoms with E-state index in [2.05, 4.69) is 10.3 Å². The number of carboxylic acid groups (broad SMARTS) is 1. The van der Waals surface area contributed by atoms with Gasteiger partial charge in [0.25, 0.3) is 5.91 Å². The number of carbonyl (C=O) groups excluding carboxylic acids is 1. The van der Waals surface area contributed by atoms with Crippen molar-refractivity contribution in [2.24, 2.45) is 5.92 Å². The summed E-state index contributed by atoms with van der Waals surface area (Å²) in [7, 11) is 0. The van der Waals surface area contributed by atoms with Crippen molar-refractivity contribution in [3.8, 4) is 0 Å². The van der Waals surface area contributed by atoms with Crippen LogP contribution in [0, 0.1) is 12.8 Å². The zero-order valence-electron chi connectivity index (χ0n) is 10.3. The second-order valence-corrected chi connectivity index (χ2v) is 4.23. The van der Waals surface area contributed by atoms with Crippen molar-refractivity contribution in [2.75, 3.05) is 0 Å². The number of aliphatic carboxylic acids is 1. The number of aromatic amines is 1. The Morgan fingerprint density at radius 2 is 2.12 bits per heavy atom. The van der Waals surface area contributed by atoms with E-state index in [9.17, 15) is 9.59 Å². The van der Waals surface area contributed by atoms with Crippen LogP contribution in [0.2, 0.25) is 0 Å². The van der Waals surface area contributed by atoms with E-state index in [0.29, 0.717) is 12.0 Å². The molecular formula is C12H18N2O3. The van der Waals surface area contributed by atoms with Crippen LogP contribution in [0.3, 0.4) is 0 Å². The number of hydrogen-bond donors (Lipinski definition) is 3. The van der Waals surface area contributed by atoms with E-state index in [-0.39, 0.29) is 11.8 Å². The van der Waals surface area contributed by atoms with Crippen LogP contribution in [0.4, 0.5) is 0 Å². The lowest BCUT2D eigenvalue weighted by Crippen LogP contribution is -2.45. The van der Waals surface area contributed by atoms with Crippen LogP contribution in [-0.4, -0.2) is 28.0 Å². The lowest BCUT2D eigenvalue weighted by atomic mass is 9.99. The monoisotopic (exact) mass is 238 g/mol. The van der Waals surface area contributed by atoms with Gasteiger partial charge in [-0.15, -0.1) is 0 Å². The largest absolute Gasteiger partial charge is 0.480 e. The molecule has 0 aliphatic carbocycles. The highest BCUT2D eigenvalue weighted by atomic mass is 16.4. The van der Waals surface area contributed by atoms with Crippen LogP contribution in [-0.2, 0) is 4.79 Å². The van der Waals surface area contributed by atoms with E-state index in [1.165, 1.54) is 0 Å². The van der Waals surface area contributed by atoms with Gasteiger partial charge in [-0.2, -0.15) is 0 Å². The number of aromatic nitrogens is 1. The molecule has 1 aromatic heterocycles. The van der Waals surface area contributed by atoms with Crippen molar-refractivity contribution < 1.29 is 14.7 Å². The first-order valence-electron chi connectivity index (χ1n) is 5.64. The van der Waals surface area contributed by atoms with E-state index in [1.54, 1.807) is 19.3 Å². The summed E-state index contributed by atoms with van der Waals surface area (Å²) in [4.78, 5) is 25.8. The molecule has 0 saturated heterocycles. The molecule has 0 aliphatic rings. The van der Waals surface area contributed by atoms with Crippen LogP contribution >= 0.6 is 0 Å². The van der Waals surface area contributed by atoms with Gasteiger partial charge in [-0.1, -0.05) is 20.3 Å². The zero-order chi connectivity index (χ0) is 13.0. The predicted octanol–water partition coefficient (Wildman–Crippen LogP) is 1.55. The quantitative estimate of drug-likeness (QED) is 0.728. The van der Waals surface area contributed by atoms with Gasteiger partial charge in [0, 0.05) is 12.4 Å². The molecule has 0 saturated carbocycles. The topological polar surface area (TPSA) is 82.2 Å². The lowest BCUT2D eigenvalue weighted by molar-refractivity contribution is -0.140. The van der Waals surface area contributed by atoms with E-state index in [0.717, 1.165) is 5.56 Å². The predicted molar refractivity (Wildman–Crippen MR) is 63.9 cm³/mol. The second-order valence-electron chi connectivity index (χ2n) is 4.23. The highest BCUT2D eigenvalue weighted by Crippen LogP contribution is 2.11. The van der Waals surface area contributed by atoms with Gasteiger partial charge in [-0.25, -0.2) is 4.79 Å². The van der Waals surface area contributed by atoms with Gasteiger partial charge < -0.3 is 15.4 Å². The Kier molecular flexibility index (Phi) is 4.31. The molecule has 0 spiro atoms. The van der Waals surface area contributed by atoms with Gasteiger partial charge in [-0.3, -0.25) is 4.79 Å². The van der Waals surface area contributed by atoms with Crippen LogP contribution in [0.25, 0.3) is 0 Å². The van der Waals surface area contributed by atoms with Gasteiger partial charge in [0.1, 0.15) is 6.04 Å². The standard InChI is InChI=1S/C12H18N2O3/c1-4-7(2)10(12(16)17)14-11(15)9-6-13-5-8(9)3/h5-7,10,13H,4H2,1-3H3,(H,14,15)(H,16,17). The molecule has 2 atom stereocenters. The molecule has 3 N–H and O–H groups in total. The van der Waals surface area contributed by atoms with Crippen molar-refractivity contribution in [3.63, 3.8) is 0 Å². The molecule has 94 valence electrons. The Hall–Kier alpha value is -1.78. The molecule has 0 radical (unpaired) electrons. The van der Waals surface area contributed by atoms with Crippen LogP contribution in [0.5, 0.6) is 0 Å². The summed E-state index contributed by atoms with van der Waals surface area (Å²) in [6.45, 7) is 5.50. The summed E-state index contributed by atoms with van der Waals surface area (Å²) >= 11 is 0. The third kappa shape index (κ3) is 3.09. The summed E-state index contributed by atoms with van der Waals surface area (Å²) in [5, 5.41) is 11.6. The van der Waals surface area contributed by atoms with Gasteiger partial charge in [0.2, 0.25) is 0 Å². The molecule has 0 bridgehead atoms. The normalized spacial score (nSPS) is 14.1. The maximum atomic E-state index is 11.9. The van der Waals surface area contributed by atoms with Crippen molar-refractivity contribution in [1.29, 1.82) is 0 Å². The maximum Gasteiger partial charge on any atom is 0.326 e. The number of hydrogen-bond acceptors (Lipinski definition) is 2. The summed E-state index contributed by atoms with van der Waals surface area (Å²) < 4.78 is 0. The van der Waals surface area contributed by atoms with E-state index >= 15 is 0 Å². The molecule has 0 aliphatic heterocycles. The first kappa shape index (κ1) is 13.3. The Balaban J connectivity index is 2.78. The summed E-state index contributed by atoms with van der Waals surface area (Å²) in [6.07, 6.45) is 3.97. The maximum absolute atomic E-state index is 11.9. The lowest BCUT2D eigenvalue weighted by Gasteiger charge is -2.19. The average Bonchev–Trinajstić information content (AvgIpc) is 2.70. The van der Waals surface area contributed by atoms with Crippen LogP contribution in [0.1, 0.15) is 36.2 Å². The molecule has 5 heteroatoms. The zero-order valence-corrected chi connectivity index (χ0v) is 10.3. The highest BCUT2D eigenvalue weighted by Gasteiger charge is 2.26. The number of aryl methyl sites for hydroxylation is 1. The number of H-pyrrole nitrogens is 1. The Labute approximate surface area is 100 Å². The van der Waals surface area contributed by atoms with Crippen molar-refractivity contribution in [1.82, 2.24) is 10.3 Å². The Morgan fingerprint density at radius 1 is 1.47 bits per heavy atom. The molecule has 17 heavy (non-hydrogen) atoms. The molecule has 1 heterocycles. The minimum atomic E-state index is -0.999. The third-order valence-corrected chi connectivity index (χ3v) is 2.96. The molecular weight excluding hydrogens is 220 g/mol. The summed E-state index contributed by atoms with van der Waals surface area (Å²) in [6, 6.07) is -0.846. The fraction of sp³-hybridized carbons (Fsp3) is 0.500. The van der Waals surface area contributed by atoms with Crippen LogP contribution in [0.15, 0.2) is 12.4 Å². The van der Waals surface area contributed by atoms with Gasteiger partial charge >= 0.3 is 5.97 Å². The summed E-state index contributed by atoms with van der Waals surface area (Å²) in [5.74, 6) is -1.45. The number of carbonyl (C=O) groups is 2. The third-order valence-electron chi connectivity index (χ3n) is 2.96. The average molecular weight is 238 g/mol. The van der Waals surface area contributed by atoms with Crippen molar-refractivity contribution in [2.45, 2.75) is 33.2 Å². The van der Waals surface area contributed by atoms with Gasteiger partial charge in [-0.05, 0) is 18.4 Å². The minimum absolute atomic E-state index is 0.101. The van der Waals surface area contributed by atoms with E-state index in [1.807, 2.05) is 13.8 Å². The molecule has 1 aromatic rings. The first-order valence-corrected chi connectivity index (χ1v) is 5.64. The molecule has 0 fully saturated rings. The Morgan fingerprint density at radius 3 is 2.53 bits per heavy atom. The van der Waals surface area contributed by atoms with Crippen molar-refractivity contribution in [3.05, 3.63) is 23.5 Å². The number of nitrogens with one attached hydrogen (secondary N) is 2. The van der Waals surface area contributed by atoms with Crippen molar-refractivity contribution >= 4 is 11.9 Å². The molecule has 1 rings (SSSR count). The smallest absolute Gasteiger partial charge is 0.326 e. The fourth-order valence-electron chi connectivity index (χ4n) is 1.59. The fourth-order valence-corrected chi connectivity index (χ4v) is 1.59. The first-order chi connectivity index (χ1) is 7.97. The SMILES string of the molecule is CCC(C)C(NC(=O)c1c[nH]cc1C)C(=O)O. The number of rotatable bonds is 5. The highest BCUT2D eigenvalue weighted by molar-refractivity contribution is 5.97. The second kappa shape index (κ2) is 5.52. The molecule has 0 aromatic carbocycles. The molecule has 2 unspecified atom stereocenters. The molecule has 1 amide bonds. The minimum Gasteiger partial charge on any atom is -0.480 e. The van der Waals surface area contributed by atoms with E-state index < -0.39 is 12.0 Å². The van der Waals surface area contributed by atoms with Gasteiger partial charge in [0.05, 0.1) is 5.56 Å². The Bertz CT molecular complexity index is 412. The molecule has 5 nitrogen and oxygen atoms in total. The van der Waals surface area contributed by atoms with Gasteiger partial charge in [0.15, 0.2) is 0 Å².